The lowest BCUT2D eigenvalue weighted by molar-refractivity contribution is -0.123. The van der Waals surface area contributed by atoms with Gasteiger partial charge in [0.2, 0.25) is 7.16 Å². The fourth-order valence-electron chi connectivity index (χ4n) is 0.348. The molecular formula is C6H14O6. The lowest BCUT2D eigenvalue weighted by Gasteiger charge is -2.24. The third-order valence-corrected chi connectivity index (χ3v) is 0.902. The van der Waals surface area contributed by atoms with Gasteiger partial charge in [-0.15, -0.1) is 0 Å². The summed E-state index contributed by atoms with van der Waals surface area (Å²) in [5.41, 5.74) is 0. The SMILES string of the molecule is [2H]OC([2H])([2H])[C@]([2H])(O[2H])[C@@]([2H])(O[2H])[C@]([2H])(O[2H])[C@@]([2H])(CO)O[2H]. The molecule has 0 aromatic rings. The highest BCUT2D eigenvalue weighted by atomic mass is 16.4. The molecule has 0 spiro atoms. The highest BCUT2D eigenvalue weighted by molar-refractivity contribution is 4.79. The Morgan fingerprint density at radius 3 is 2.25 bits per heavy atom. The molecule has 6 heteroatoms. The van der Waals surface area contributed by atoms with Crippen molar-refractivity contribution in [3.8, 4) is 0 Å². The van der Waals surface area contributed by atoms with Gasteiger partial charge in [-0.1, -0.05) is 0 Å². The van der Waals surface area contributed by atoms with Gasteiger partial charge in [0.1, 0.15) is 24.3 Å². The summed E-state index contributed by atoms with van der Waals surface area (Å²) in [6.07, 6.45) is -15.0. The normalized spacial score (nSPS) is 45.9. The predicted molar refractivity (Wildman–Crippen MR) is 38.2 cm³/mol. The summed E-state index contributed by atoms with van der Waals surface area (Å²) in [6, 6.07) is 0. The number of hydrogen-bond acceptors (Lipinski definition) is 6. The molecule has 6 nitrogen and oxygen atoms in total. The number of rotatable bonds is 10. The minimum atomic E-state index is -3.96. The largest absolute Gasteiger partial charge is 0.394 e. The van der Waals surface area contributed by atoms with E-state index in [-0.39, 0.29) is 0 Å². The molecule has 0 aliphatic rings. The summed E-state index contributed by atoms with van der Waals surface area (Å²) in [7, 11) is 0. The first-order valence-corrected chi connectivity index (χ1v) is 2.69. The second-order valence-electron chi connectivity index (χ2n) is 1.67. The Balaban J connectivity index is 6.59. The summed E-state index contributed by atoms with van der Waals surface area (Å²) in [6.45, 7) is -5.32. The Bertz CT molecular complexity index is 397. The topological polar surface area (TPSA) is 121 Å². The lowest BCUT2D eigenvalue weighted by Crippen LogP contribution is -2.46. The quantitative estimate of drug-likeness (QED) is 0.213. The van der Waals surface area contributed by atoms with Gasteiger partial charge in [-0.05, 0) is 0 Å². The first-order valence-electron chi connectivity index (χ1n) is 7.73. The standard InChI is InChI=1S/C6H14O6/c7-1-3(9)5(11)6(12)4(10)2-8/h3-12H,1-2H2/t3-,4+,5-,6-/m1/s1/i1D2,3D,4D,5D,6D,7D,9D,10D,11D,12D/t3-,4+,5+,6+/m0. The van der Waals surface area contributed by atoms with Gasteiger partial charge in [-0.3, -0.25) is 0 Å². The Labute approximate surface area is 85.2 Å². The van der Waals surface area contributed by atoms with Crippen molar-refractivity contribution in [2.75, 3.05) is 13.2 Å². The first-order chi connectivity index (χ1) is 10.4. The summed E-state index contributed by atoms with van der Waals surface area (Å²) >= 11 is 0. The third kappa shape index (κ3) is 3.02. The maximum absolute atomic E-state index is 9.08. The van der Waals surface area contributed by atoms with Gasteiger partial charge < -0.3 is 30.7 Å². The Hall–Kier alpha value is -0.240. The van der Waals surface area contributed by atoms with Crippen LogP contribution in [0.3, 0.4) is 0 Å². The van der Waals surface area contributed by atoms with Gasteiger partial charge >= 0.3 is 0 Å². The van der Waals surface area contributed by atoms with Gasteiger partial charge in [-0.25, -0.2) is 0 Å². The molecule has 0 rings (SSSR count). The van der Waals surface area contributed by atoms with Crippen LogP contribution in [0.2, 0.25) is 0 Å². The fraction of sp³-hybridized carbons (Fsp3) is 1.00. The van der Waals surface area contributed by atoms with Crippen molar-refractivity contribution >= 4 is 0 Å². The molecule has 0 saturated carbocycles. The highest BCUT2D eigenvalue weighted by Crippen LogP contribution is 2.03. The molecule has 0 aliphatic heterocycles. The molecule has 0 saturated heterocycles. The van der Waals surface area contributed by atoms with E-state index in [0.717, 1.165) is 0 Å². The zero-order valence-electron chi connectivity index (χ0n) is 16.7. The van der Waals surface area contributed by atoms with Crippen LogP contribution in [0.1, 0.15) is 8.22 Å². The van der Waals surface area contributed by atoms with Crippen molar-refractivity contribution in [3.63, 3.8) is 0 Å². The van der Waals surface area contributed by atoms with E-state index in [1.807, 2.05) is 0 Å². The molecule has 0 amide bonds. The van der Waals surface area contributed by atoms with Crippen molar-refractivity contribution in [2.45, 2.75) is 24.3 Å². The number of aliphatic hydroxyl groups excluding tert-OH is 1. The van der Waals surface area contributed by atoms with E-state index in [9.17, 15) is 0 Å². The second kappa shape index (κ2) is 5.41. The van der Waals surface area contributed by atoms with Crippen LogP contribution in [0, 0.1) is 0 Å². The molecule has 0 heterocycles. The Kier molecular flexibility index (Phi) is 1.30. The molecule has 0 unspecified atom stereocenters. The van der Waals surface area contributed by atoms with Crippen LogP contribution < -0.4 is 0 Å². The molecule has 4 atom stereocenters. The van der Waals surface area contributed by atoms with Gasteiger partial charge in [0.15, 0.2) is 0 Å². The highest BCUT2D eigenvalue weighted by Gasteiger charge is 2.29. The smallest absolute Gasteiger partial charge is 0.211 e. The molecule has 0 fully saturated rings. The number of hydrogen-bond donors (Lipinski definition) is 6. The summed E-state index contributed by atoms with van der Waals surface area (Å²) in [5.74, 6) is 0. The molecule has 0 aliphatic carbocycles. The minimum absolute atomic E-state index is 1.60. The molecule has 6 N–H and O–H groups in total. The van der Waals surface area contributed by atoms with E-state index in [2.05, 4.69) is 25.5 Å². The van der Waals surface area contributed by atoms with Gasteiger partial charge in [0, 0.05) is 0 Å². The van der Waals surface area contributed by atoms with E-state index in [4.69, 9.17) is 20.5 Å². The monoisotopic (exact) mass is 193 g/mol. The van der Waals surface area contributed by atoms with Crippen LogP contribution >= 0.6 is 0 Å². The molecule has 0 radical (unpaired) electrons. The third-order valence-electron chi connectivity index (χ3n) is 0.902. The average molecular weight is 193 g/mol. The molecule has 0 aromatic heterocycles. The molecule has 0 bridgehead atoms. The van der Waals surface area contributed by atoms with E-state index in [0.29, 0.717) is 0 Å². The maximum atomic E-state index is 9.08. The zero-order valence-corrected chi connectivity index (χ0v) is 5.70. The van der Waals surface area contributed by atoms with Crippen molar-refractivity contribution in [3.05, 3.63) is 0 Å². The molecule has 0 aromatic carbocycles. The van der Waals surface area contributed by atoms with E-state index in [1.165, 1.54) is 0 Å². The number of aliphatic hydroxyl groups is 6. The maximum Gasteiger partial charge on any atom is 0.211 e. The molecular weight excluding hydrogens is 168 g/mol. The molecule has 74 valence electrons. The molecule has 12 heavy (non-hydrogen) atoms. The second-order valence-corrected chi connectivity index (χ2v) is 1.67. The van der Waals surface area contributed by atoms with Crippen LogP contribution in [0.5, 0.6) is 0 Å². The predicted octanol–water partition coefficient (Wildman–Crippen LogP) is -3.59. The van der Waals surface area contributed by atoms with Crippen LogP contribution in [-0.4, -0.2) is 75.3 Å². The van der Waals surface area contributed by atoms with Crippen molar-refractivity contribution in [1.29, 1.82) is 7.16 Å². The van der Waals surface area contributed by atoms with Gasteiger partial charge in [0.25, 0.3) is 0 Å². The summed E-state index contributed by atoms with van der Waals surface area (Å²) in [5, 5.41) is 27.5. The van der Waals surface area contributed by atoms with Gasteiger partial charge in [-0.2, -0.15) is 0 Å². The first kappa shape index (κ1) is 2.88. The Morgan fingerprint density at radius 1 is 1.17 bits per heavy atom. The van der Waals surface area contributed by atoms with E-state index in [1.54, 1.807) is 0 Å². The fourth-order valence-corrected chi connectivity index (χ4v) is 0.348. The lowest BCUT2D eigenvalue weighted by atomic mass is 10.0. The van der Waals surface area contributed by atoms with Crippen molar-refractivity contribution < 1.29 is 38.9 Å². The summed E-state index contributed by atoms with van der Waals surface area (Å²) in [4.78, 5) is 0. The van der Waals surface area contributed by atoms with Crippen molar-refractivity contribution in [2.24, 2.45) is 0 Å². The average Bonchev–Trinajstić information content (AvgIpc) is 2.57. The zero-order chi connectivity index (χ0) is 18.7. The van der Waals surface area contributed by atoms with Crippen LogP contribution in [0.25, 0.3) is 0 Å². The van der Waals surface area contributed by atoms with E-state index >= 15 is 0 Å². The van der Waals surface area contributed by atoms with E-state index < -0.39 is 37.5 Å². The summed E-state index contributed by atoms with van der Waals surface area (Å²) < 4.78 is 79.1. The van der Waals surface area contributed by atoms with Crippen LogP contribution in [-0.2, 0) is 0 Å². The Morgan fingerprint density at radius 2 is 1.83 bits per heavy atom. The van der Waals surface area contributed by atoms with Crippen molar-refractivity contribution in [1.82, 2.24) is 0 Å². The van der Waals surface area contributed by atoms with Crippen LogP contribution in [0.15, 0.2) is 0 Å². The van der Waals surface area contributed by atoms with Gasteiger partial charge in [0.05, 0.1) is 21.4 Å². The minimum Gasteiger partial charge on any atom is -0.394 e. The van der Waals surface area contributed by atoms with Crippen LogP contribution in [0.4, 0.5) is 0 Å².